The van der Waals surface area contributed by atoms with Gasteiger partial charge in [-0.05, 0) is 37.1 Å². The van der Waals surface area contributed by atoms with Crippen LogP contribution >= 0.6 is 11.3 Å². The molecule has 2 heterocycles. The van der Waals surface area contributed by atoms with Crippen molar-refractivity contribution in [2.45, 2.75) is 20.3 Å². The molecular weight excluding hydrogens is 332 g/mol. The molecule has 25 heavy (non-hydrogen) atoms. The first-order chi connectivity index (χ1) is 12.2. The number of thiazole rings is 1. The number of aryl methyl sites for hydroxylation is 1. The van der Waals surface area contributed by atoms with Crippen LogP contribution in [0.4, 0.5) is 10.9 Å². The molecule has 1 amide bonds. The third-order valence-corrected chi connectivity index (χ3v) is 4.53. The molecular formula is C19H20N4OS. The minimum atomic E-state index is -0.0572. The van der Waals surface area contributed by atoms with Crippen LogP contribution in [0, 0.1) is 6.92 Å². The van der Waals surface area contributed by atoms with Crippen molar-refractivity contribution in [3.8, 4) is 11.3 Å². The highest BCUT2D eigenvalue weighted by Crippen LogP contribution is 2.26. The fourth-order valence-electron chi connectivity index (χ4n) is 2.48. The SMILES string of the molecule is CCNc1cc(-c2csc(NC(=O)Cc3ccccc3C)n2)ccn1. The van der Waals surface area contributed by atoms with Crippen molar-refractivity contribution in [1.29, 1.82) is 0 Å². The number of hydrogen-bond donors (Lipinski definition) is 2. The highest BCUT2D eigenvalue weighted by molar-refractivity contribution is 7.14. The third kappa shape index (κ3) is 4.42. The molecule has 2 aromatic heterocycles. The monoisotopic (exact) mass is 352 g/mol. The number of pyridine rings is 1. The van der Waals surface area contributed by atoms with Crippen LogP contribution in [0.1, 0.15) is 18.1 Å². The largest absolute Gasteiger partial charge is 0.370 e. The van der Waals surface area contributed by atoms with Crippen LogP contribution in [0.5, 0.6) is 0 Å². The number of anilines is 2. The zero-order valence-electron chi connectivity index (χ0n) is 14.2. The second-order valence-corrected chi connectivity index (χ2v) is 6.51. The number of benzene rings is 1. The average Bonchev–Trinajstić information content (AvgIpc) is 3.06. The Morgan fingerprint density at radius 1 is 1.24 bits per heavy atom. The Balaban J connectivity index is 1.68. The maximum Gasteiger partial charge on any atom is 0.230 e. The summed E-state index contributed by atoms with van der Waals surface area (Å²) in [5, 5.41) is 8.61. The zero-order chi connectivity index (χ0) is 17.6. The van der Waals surface area contributed by atoms with Crippen molar-refractivity contribution in [2.75, 3.05) is 17.2 Å². The van der Waals surface area contributed by atoms with Gasteiger partial charge in [0.25, 0.3) is 0 Å². The van der Waals surface area contributed by atoms with Gasteiger partial charge < -0.3 is 10.6 Å². The third-order valence-electron chi connectivity index (χ3n) is 3.78. The fraction of sp³-hybridized carbons (Fsp3) is 0.211. The summed E-state index contributed by atoms with van der Waals surface area (Å²) in [6.45, 7) is 4.85. The Morgan fingerprint density at radius 3 is 2.88 bits per heavy atom. The van der Waals surface area contributed by atoms with E-state index in [9.17, 15) is 4.79 Å². The van der Waals surface area contributed by atoms with Crippen molar-refractivity contribution in [2.24, 2.45) is 0 Å². The lowest BCUT2D eigenvalue weighted by Crippen LogP contribution is -2.14. The van der Waals surface area contributed by atoms with Gasteiger partial charge in [-0.25, -0.2) is 9.97 Å². The molecule has 0 aliphatic carbocycles. The molecule has 1 aromatic carbocycles. The van der Waals surface area contributed by atoms with Gasteiger partial charge in [0.15, 0.2) is 5.13 Å². The highest BCUT2D eigenvalue weighted by Gasteiger charge is 2.10. The number of hydrogen-bond acceptors (Lipinski definition) is 5. The van der Waals surface area contributed by atoms with E-state index in [0.29, 0.717) is 11.6 Å². The number of rotatable bonds is 6. The molecule has 0 atom stereocenters. The molecule has 0 radical (unpaired) electrons. The predicted molar refractivity (Wildman–Crippen MR) is 103 cm³/mol. The van der Waals surface area contributed by atoms with Crippen LogP contribution in [0.15, 0.2) is 48.0 Å². The van der Waals surface area contributed by atoms with Crippen molar-refractivity contribution >= 4 is 28.2 Å². The molecule has 6 heteroatoms. The molecule has 0 saturated carbocycles. The van der Waals surface area contributed by atoms with Crippen molar-refractivity contribution in [3.05, 3.63) is 59.1 Å². The summed E-state index contributed by atoms with van der Waals surface area (Å²) in [5.41, 5.74) is 3.95. The quantitative estimate of drug-likeness (QED) is 0.700. The van der Waals surface area contributed by atoms with E-state index in [1.54, 1.807) is 6.20 Å². The van der Waals surface area contributed by atoms with E-state index in [1.807, 2.05) is 55.6 Å². The second-order valence-electron chi connectivity index (χ2n) is 5.65. The summed E-state index contributed by atoms with van der Waals surface area (Å²) in [4.78, 5) is 21.0. The molecule has 0 unspecified atom stereocenters. The van der Waals surface area contributed by atoms with Gasteiger partial charge in [0.2, 0.25) is 5.91 Å². The summed E-state index contributed by atoms with van der Waals surface area (Å²) in [5.74, 6) is 0.761. The molecule has 0 aliphatic heterocycles. The molecule has 0 aliphatic rings. The number of nitrogens with one attached hydrogen (secondary N) is 2. The number of carbonyl (C=O) groups excluding carboxylic acids is 1. The van der Waals surface area contributed by atoms with E-state index in [1.165, 1.54) is 11.3 Å². The maximum atomic E-state index is 12.3. The van der Waals surface area contributed by atoms with Gasteiger partial charge in [0, 0.05) is 23.7 Å². The zero-order valence-corrected chi connectivity index (χ0v) is 15.1. The average molecular weight is 352 g/mol. The standard InChI is InChI=1S/C19H20N4OS/c1-3-20-17-10-15(8-9-21-17)16-12-25-19(22-16)23-18(24)11-14-7-5-4-6-13(14)2/h4-10,12H,3,11H2,1-2H3,(H,20,21)(H,22,23,24). The Labute approximate surface area is 151 Å². The van der Waals surface area contributed by atoms with Gasteiger partial charge in [-0.3, -0.25) is 4.79 Å². The molecule has 0 bridgehead atoms. The first-order valence-corrected chi connectivity index (χ1v) is 9.04. The van der Waals surface area contributed by atoms with Crippen LogP contribution in [0.3, 0.4) is 0 Å². The first-order valence-electron chi connectivity index (χ1n) is 8.16. The first kappa shape index (κ1) is 17.1. The summed E-state index contributed by atoms with van der Waals surface area (Å²) in [6.07, 6.45) is 2.10. The summed E-state index contributed by atoms with van der Waals surface area (Å²) < 4.78 is 0. The second kappa shape index (κ2) is 7.90. The maximum absolute atomic E-state index is 12.3. The fourth-order valence-corrected chi connectivity index (χ4v) is 3.21. The van der Waals surface area contributed by atoms with Crippen LogP contribution in [0.25, 0.3) is 11.3 Å². The van der Waals surface area contributed by atoms with E-state index in [4.69, 9.17) is 0 Å². The van der Waals surface area contributed by atoms with E-state index in [0.717, 1.165) is 34.7 Å². The lowest BCUT2D eigenvalue weighted by atomic mass is 10.1. The van der Waals surface area contributed by atoms with Crippen LogP contribution in [-0.2, 0) is 11.2 Å². The van der Waals surface area contributed by atoms with Crippen molar-refractivity contribution in [3.63, 3.8) is 0 Å². The van der Waals surface area contributed by atoms with E-state index in [-0.39, 0.29) is 5.91 Å². The van der Waals surface area contributed by atoms with Gasteiger partial charge >= 0.3 is 0 Å². The highest BCUT2D eigenvalue weighted by atomic mass is 32.1. The molecule has 0 fully saturated rings. The Kier molecular flexibility index (Phi) is 5.40. The molecule has 0 saturated heterocycles. The summed E-state index contributed by atoms with van der Waals surface area (Å²) in [6, 6.07) is 11.8. The number of aromatic nitrogens is 2. The van der Waals surface area contributed by atoms with Gasteiger partial charge in [0.1, 0.15) is 5.82 Å². The van der Waals surface area contributed by atoms with Crippen LogP contribution in [0.2, 0.25) is 0 Å². The lowest BCUT2D eigenvalue weighted by molar-refractivity contribution is -0.115. The molecule has 128 valence electrons. The molecule has 3 aromatic rings. The molecule has 5 nitrogen and oxygen atoms in total. The Hall–Kier alpha value is -2.73. The van der Waals surface area contributed by atoms with Crippen molar-refractivity contribution in [1.82, 2.24) is 9.97 Å². The minimum absolute atomic E-state index is 0.0572. The lowest BCUT2D eigenvalue weighted by Gasteiger charge is -2.05. The van der Waals surface area contributed by atoms with Gasteiger partial charge in [-0.2, -0.15) is 0 Å². The Bertz CT molecular complexity index is 875. The topological polar surface area (TPSA) is 66.9 Å². The minimum Gasteiger partial charge on any atom is -0.370 e. The number of nitrogens with zero attached hydrogens (tertiary/aromatic N) is 2. The van der Waals surface area contributed by atoms with E-state index < -0.39 is 0 Å². The van der Waals surface area contributed by atoms with Gasteiger partial charge in [-0.1, -0.05) is 24.3 Å². The van der Waals surface area contributed by atoms with E-state index >= 15 is 0 Å². The van der Waals surface area contributed by atoms with E-state index in [2.05, 4.69) is 20.6 Å². The smallest absolute Gasteiger partial charge is 0.230 e. The van der Waals surface area contributed by atoms with Gasteiger partial charge in [-0.15, -0.1) is 11.3 Å². The summed E-state index contributed by atoms with van der Waals surface area (Å²) in [7, 11) is 0. The van der Waals surface area contributed by atoms with Crippen molar-refractivity contribution < 1.29 is 4.79 Å². The predicted octanol–water partition coefficient (Wildman–Crippen LogP) is 4.13. The Morgan fingerprint density at radius 2 is 2.08 bits per heavy atom. The molecule has 0 spiro atoms. The van der Waals surface area contributed by atoms with Crippen LogP contribution < -0.4 is 10.6 Å². The number of carbonyl (C=O) groups is 1. The molecule has 3 rings (SSSR count). The number of amides is 1. The van der Waals surface area contributed by atoms with Gasteiger partial charge in [0.05, 0.1) is 12.1 Å². The normalized spacial score (nSPS) is 10.5. The van der Waals surface area contributed by atoms with Crippen LogP contribution in [-0.4, -0.2) is 22.4 Å². The summed E-state index contributed by atoms with van der Waals surface area (Å²) >= 11 is 1.42. The molecule has 2 N–H and O–H groups in total.